The number of anilines is 1. The molecule has 0 bridgehead atoms. The molecule has 0 aliphatic heterocycles. The minimum Gasteiger partial charge on any atom is -0.452 e. The number of carbonyl (C=O) groups is 2. The number of aromatic nitrogens is 2. The van der Waals surface area contributed by atoms with E-state index in [2.05, 4.69) is 26.3 Å². The van der Waals surface area contributed by atoms with Gasteiger partial charge in [-0.05, 0) is 67.0 Å². The predicted molar refractivity (Wildman–Crippen MR) is 111 cm³/mol. The van der Waals surface area contributed by atoms with Crippen molar-refractivity contribution in [3.63, 3.8) is 0 Å². The topological polar surface area (TPSA) is 73.2 Å². The summed E-state index contributed by atoms with van der Waals surface area (Å²) in [5, 5.41) is 7.20. The SMILES string of the molecule is Cc1ccc(-n2nc(C)c(NC(=O)COC(=O)c3cc(F)ccc3Br)c2C)cc1. The second-order valence-electron chi connectivity index (χ2n) is 6.54. The Hall–Kier alpha value is -3.00. The molecule has 0 saturated heterocycles. The predicted octanol–water partition coefficient (Wildman–Crippen LogP) is 4.49. The van der Waals surface area contributed by atoms with Crippen LogP contribution in [0.3, 0.4) is 0 Å². The molecule has 0 fully saturated rings. The van der Waals surface area contributed by atoms with Crippen molar-refractivity contribution in [2.75, 3.05) is 11.9 Å². The molecule has 150 valence electrons. The Kier molecular flexibility index (Phi) is 6.12. The maximum Gasteiger partial charge on any atom is 0.339 e. The number of aryl methyl sites for hydroxylation is 2. The first kappa shape index (κ1) is 20.7. The lowest BCUT2D eigenvalue weighted by molar-refractivity contribution is -0.119. The third-order valence-corrected chi connectivity index (χ3v) is 5.01. The van der Waals surface area contributed by atoms with E-state index < -0.39 is 24.3 Å². The summed E-state index contributed by atoms with van der Waals surface area (Å²) in [4.78, 5) is 24.4. The van der Waals surface area contributed by atoms with Gasteiger partial charge >= 0.3 is 5.97 Å². The highest BCUT2D eigenvalue weighted by Gasteiger charge is 2.18. The summed E-state index contributed by atoms with van der Waals surface area (Å²) in [6.07, 6.45) is 0. The van der Waals surface area contributed by atoms with Gasteiger partial charge in [0.1, 0.15) is 5.82 Å². The van der Waals surface area contributed by atoms with E-state index in [0.29, 0.717) is 15.9 Å². The first-order valence-electron chi connectivity index (χ1n) is 8.81. The number of esters is 1. The summed E-state index contributed by atoms with van der Waals surface area (Å²) >= 11 is 3.16. The number of rotatable bonds is 5. The second-order valence-corrected chi connectivity index (χ2v) is 7.40. The molecule has 0 atom stereocenters. The van der Waals surface area contributed by atoms with Gasteiger partial charge in [-0.25, -0.2) is 13.9 Å². The van der Waals surface area contributed by atoms with Crippen LogP contribution < -0.4 is 5.32 Å². The van der Waals surface area contributed by atoms with Crippen LogP contribution in [-0.4, -0.2) is 28.3 Å². The lowest BCUT2D eigenvalue weighted by Crippen LogP contribution is -2.21. The second kappa shape index (κ2) is 8.57. The average Bonchev–Trinajstić information content (AvgIpc) is 2.97. The summed E-state index contributed by atoms with van der Waals surface area (Å²) in [6, 6.07) is 11.5. The summed E-state index contributed by atoms with van der Waals surface area (Å²) < 4.78 is 20.5. The van der Waals surface area contributed by atoms with Crippen molar-refractivity contribution in [2.24, 2.45) is 0 Å². The van der Waals surface area contributed by atoms with Crippen LogP contribution in [0.15, 0.2) is 46.9 Å². The summed E-state index contributed by atoms with van der Waals surface area (Å²) in [7, 11) is 0. The Morgan fingerprint density at radius 3 is 2.52 bits per heavy atom. The van der Waals surface area contributed by atoms with Crippen LogP contribution >= 0.6 is 15.9 Å². The molecule has 3 aromatic rings. The van der Waals surface area contributed by atoms with Crippen LogP contribution in [0.5, 0.6) is 0 Å². The fourth-order valence-corrected chi connectivity index (χ4v) is 3.21. The van der Waals surface area contributed by atoms with E-state index >= 15 is 0 Å². The highest BCUT2D eigenvalue weighted by Crippen LogP contribution is 2.23. The Morgan fingerprint density at radius 1 is 1.14 bits per heavy atom. The summed E-state index contributed by atoms with van der Waals surface area (Å²) in [5.41, 5.74) is 3.96. The maximum atomic E-state index is 13.3. The Labute approximate surface area is 175 Å². The maximum absolute atomic E-state index is 13.3. The van der Waals surface area contributed by atoms with Crippen molar-refractivity contribution in [3.8, 4) is 5.69 Å². The largest absolute Gasteiger partial charge is 0.452 e. The number of ether oxygens (including phenoxy) is 1. The van der Waals surface area contributed by atoms with Gasteiger partial charge in [0.2, 0.25) is 0 Å². The van der Waals surface area contributed by atoms with E-state index in [9.17, 15) is 14.0 Å². The van der Waals surface area contributed by atoms with E-state index in [0.717, 1.165) is 23.0 Å². The van der Waals surface area contributed by atoms with Crippen LogP contribution in [0, 0.1) is 26.6 Å². The van der Waals surface area contributed by atoms with Crippen molar-refractivity contribution < 1.29 is 18.7 Å². The molecule has 1 amide bonds. The van der Waals surface area contributed by atoms with Crippen molar-refractivity contribution >= 4 is 33.5 Å². The van der Waals surface area contributed by atoms with E-state index in [4.69, 9.17) is 4.74 Å². The molecular weight excluding hydrogens is 441 g/mol. The standard InChI is InChI=1S/C21H19BrFN3O3/c1-12-4-7-16(8-5-12)26-14(3)20(13(2)25-26)24-19(27)11-29-21(28)17-10-15(23)6-9-18(17)22/h4-10H,11H2,1-3H3,(H,24,27). The van der Waals surface area contributed by atoms with Crippen molar-refractivity contribution in [1.82, 2.24) is 9.78 Å². The van der Waals surface area contributed by atoms with Gasteiger partial charge < -0.3 is 10.1 Å². The molecule has 3 rings (SSSR count). The van der Waals surface area contributed by atoms with Gasteiger partial charge in [0.25, 0.3) is 5.91 Å². The molecule has 1 N–H and O–H groups in total. The zero-order valence-electron chi connectivity index (χ0n) is 16.1. The smallest absolute Gasteiger partial charge is 0.339 e. The van der Waals surface area contributed by atoms with Crippen LogP contribution in [0.4, 0.5) is 10.1 Å². The van der Waals surface area contributed by atoms with E-state index in [1.54, 1.807) is 11.6 Å². The molecule has 2 aromatic carbocycles. The van der Waals surface area contributed by atoms with E-state index in [-0.39, 0.29) is 5.56 Å². The van der Waals surface area contributed by atoms with Gasteiger partial charge in [-0.15, -0.1) is 0 Å². The molecule has 0 radical (unpaired) electrons. The first-order valence-corrected chi connectivity index (χ1v) is 9.61. The molecule has 0 saturated carbocycles. The Bertz CT molecular complexity index is 1080. The molecule has 6 nitrogen and oxygen atoms in total. The Balaban J connectivity index is 1.69. The average molecular weight is 460 g/mol. The van der Waals surface area contributed by atoms with Crippen LogP contribution in [0.2, 0.25) is 0 Å². The summed E-state index contributed by atoms with van der Waals surface area (Å²) in [5.74, 6) is -1.88. The lowest BCUT2D eigenvalue weighted by Gasteiger charge is -2.09. The fraction of sp³-hybridized carbons (Fsp3) is 0.190. The molecule has 0 aliphatic rings. The normalized spacial score (nSPS) is 10.7. The monoisotopic (exact) mass is 459 g/mol. The molecular formula is C21H19BrFN3O3. The highest BCUT2D eigenvalue weighted by molar-refractivity contribution is 9.10. The number of benzene rings is 2. The fourth-order valence-electron chi connectivity index (χ4n) is 2.80. The molecule has 1 aromatic heterocycles. The highest BCUT2D eigenvalue weighted by atomic mass is 79.9. The number of hydrogen-bond acceptors (Lipinski definition) is 4. The van der Waals surface area contributed by atoms with Crippen LogP contribution in [0.25, 0.3) is 5.69 Å². The molecule has 0 aliphatic carbocycles. The van der Waals surface area contributed by atoms with E-state index in [1.807, 2.05) is 38.1 Å². The number of hydrogen-bond donors (Lipinski definition) is 1. The van der Waals surface area contributed by atoms with Gasteiger partial charge in [0.15, 0.2) is 6.61 Å². The number of carbonyl (C=O) groups excluding carboxylic acids is 2. The quantitative estimate of drug-likeness (QED) is 0.570. The molecule has 29 heavy (non-hydrogen) atoms. The first-order chi connectivity index (χ1) is 13.8. The van der Waals surface area contributed by atoms with Gasteiger partial charge in [-0.2, -0.15) is 5.10 Å². The minimum atomic E-state index is -0.796. The van der Waals surface area contributed by atoms with Crippen molar-refractivity contribution in [3.05, 3.63) is 75.3 Å². The van der Waals surface area contributed by atoms with Gasteiger partial charge in [-0.1, -0.05) is 17.7 Å². The van der Waals surface area contributed by atoms with Crippen LogP contribution in [-0.2, 0) is 9.53 Å². The van der Waals surface area contributed by atoms with Crippen molar-refractivity contribution in [1.29, 1.82) is 0 Å². The zero-order valence-corrected chi connectivity index (χ0v) is 17.7. The number of nitrogens with zero attached hydrogens (tertiary/aromatic N) is 2. The van der Waals surface area contributed by atoms with Crippen LogP contribution in [0.1, 0.15) is 27.3 Å². The number of nitrogens with one attached hydrogen (secondary N) is 1. The van der Waals surface area contributed by atoms with Gasteiger partial charge in [0.05, 0.1) is 28.3 Å². The molecule has 1 heterocycles. The Morgan fingerprint density at radius 2 is 1.83 bits per heavy atom. The van der Waals surface area contributed by atoms with Crippen molar-refractivity contribution in [2.45, 2.75) is 20.8 Å². The minimum absolute atomic E-state index is 0.0114. The number of halogens is 2. The summed E-state index contributed by atoms with van der Waals surface area (Å²) in [6.45, 7) is 5.12. The van der Waals surface area contributed by atoms with Gasteiger partial charge in [-0.3, -0.25) is 4.79 Å². The van der Waals surface area contributed by atoms with E-state index in [1.165, 1.54) is 12.1 Å². The molecule has 0 spiro atoms. The number of amides is 1. The molecule has 8 heteroatoms. The third-order valence-electron chi connectivity index (χ3n) is 4.32. The lowest BCUT2D eigenvalue weighted by atomic mass is 10.2. The third kappa shape index (κ3) is 4.71. The molecule has 0 unspecified atom stereocenters. The zero-order chi connectivity index (χ0) is 21.1. The van der Waals surface area contributed by atoms with Gasteiger partial charge in [0, 0.05) is 4.47 Å².